The quantitative estimate of drug-likeness (QED) is 0.823. The Morgan fingerprint density at radius 1 is 1.22 bits per heavy atom. The molecule has 8 heteroatoms. The molecule has 0 aromatic heterocycles. The maximum Gasteiger partial charge on any atom is 0.471 e. The first kappa shape index (κ1) is 14.5. The monoisotopic (exact) mass is 267 g/mol. The third-order valence-corrected chi connectivity index (χ3v) is 2.71. The number of carboxylic acids is 1. The minimum Gasteiger partial charge on any atom is -0.481 e. The summed E-state index contributed by atoms with van der Waals surface area (Å²) in [7, 11) is 0. The average molecular weight is 267 g/mol. The Labute approximate surface area is 101 Å². The summed E-state index contributed by atoms with van der Waals surface area (Å²) in [5, 5.41) is 8.40. The van der Waals surface area contributed by atoms with Crippen LogP contribution in [0.4, 0.5) is 13.2 Å². The summed E-state index contributed by atoms with van der Waals surface area (Å²) in [4.78, 5) is 33.4. The molecule has 0 radical (unpaired) electrons. The van der Waals surface area contributed by atoms with Crippen LogP contribution in [0, 0.1) is 0 Å². The molecule has 0 saturated carbocycles. The molecule has 102 valence electrons. The average Bonchev–Trinajstić information content (AvgIpc) is 2.71. The lowest BCUT2D eigenvalue weighted by atomic mass is 10.1. The van der Waals surface area contributed by atoms with Crippen molar-refractivity contribution in [2.75, 3.05) is 6.54 Å². The number of likely N-dealkylation sites (tertiary alicyclic amines) is 1. The molecule has 1 amide bonds. The van der Waals surface area contributed by atoms with Crippen molar-refractivity contribution in [1.82, 2.24) is 4.90 Å². The molecule has 1 fully saturated rings. The predicted molar refractivity (Wildman–Crippen MR) is 52.7 cm³/mol. The number of aliphatic carboxylic acids is 1. The fourth-order valence-electron chi connectivity index (χ4n) is 1.90. The van der Waals surface area contributed by atoms with Crippen molar-refractivity contribution < 1.29 is 32.7 Å². The summed E-state index contributed by atoms with van der Waals surface area (Å²) in [6.07, 6.45) is -5.34. The second-order valence-corrected chi connectivity index (χ2v) is 4.01. The number of halogens is 3. The smallest absolute Gasteiger partial charge is 0.471 e. The molecular formula is C10H12F3NO4. The number of alkyl halides is 3. The van der Waals surface area contributed by atoms with Gasteiger partial charge in [-0.3, -0.25) is 14.4 Å². The SMILES string of the molecule is O=C(O)CCC(=O)C1CCCN1C(=O)C(F)(F)F. The first-order valence-electron chi connectivity index (χ1n) is 5.35. The van der Waals surface area contributed by atoms with Gasteiger partial charge in [0.1, 0.15) is 0 Å². The van der Waals surface area contributed by atoms with Crippen LogP contribution in [0.1, 0.15) is 25.7 Å². The second-order valence-electron chi connectivity index (χ2n) is 4.01. The number of rotatable bonds is 4. The first-order chi connectivity index (χ1) is 8.23. The van der Waals surface area contributed by atoms with E-state index in [9.17, 15) is 27.6 Å². The van der Waals surface area contributed by atoms with E-state index in [2.05, 4.69) is 0 Å². The van der Waals surface area contributed by atoms with E-state index >= 15 is 0 Å². The lowest BCUT2D eigenvalue weighted by molar-refractivity contribution is -0.186. The Morgan fingerprint density at radius 2 is 1.83 bits per heavy atom. The van der Waals surface area contributed by atoms with E-state index in [0.717, 1.165) is 0 Å². The largest absolute Gasteiger partial charge is 0.481 e. The van der Waals surface area contributed by atoms with E-state index in [-0.39, 0.29) is 19.4 Å². The summed E-state index contributed by atoms with van der Waals surface area (Å²) in [6.45, 7) is -0.123. The summed E-state index contributed by atoms with van der Waals surface area (Å²) in [6, 6.07) is -1.14. The molecule has 0 bridgehead atoms. The highest BCUT2D eigenvalue weighted by atomic mass is 19.4. The number of carbonyl (C=O) groups excluding carboxylic acids is 2. The number of hydrogen-bond donors (Lipinski definition) is 1. The molecule has 0 aliphatic carbocycles. The van der Waals surface area contributed by atoms with Gasteiger partial charge >= 0.3 is 18.1 Å². The van der Waals surface area contributed by atoms with Gasteiger partial charge in [0.05, 0.1) is 12.5 Å². The van der Waals surface area contributed by atoms with Crippen LogP contribution in [0.25, 0.3) is 0 Å². The molecule has 1 saturated heterocycles. The minimum atomic E-state index is -5.00. The molecule has 18 heavy (non-hydrogen) atoms. The van der Waals surface area contributed by atoms with Crippen LogP contribution in [0.3, 0.4) is 0 Å². The van der Waals surface area contributed by atoms with Crippen LogP contribution >= 0.6 is 0 Å². The first-order valence-corrected chi connectivity index (χ1v) is 5.35. The fourth-order valence-corrected chi connectivity index (χ4v) is 1.90. The molecule has 0 aromatic rings. The summed E-state index contributed by atoms with van der Waals surface area (Å²) in [5.74, 6) is -3.86. The molecule has 1 rings (SSSR count). The van der Waals surface area contributed by atoms with Crippen molar-refractivity contribution >= 4 is 17.7 Å². The molecule has 0 aromatic carbocycles. The lowest BCUT2D eigenvalue weighted by Gasteiger charge is -2.24. The van der Waals surface area contributed by atoms with Crippen molar-refractivity contribution in [3.05, 3.63) is 0 Å². The van der Waals surface area contributed by atoms with Crippen molar-refractivity contribution in [2.45, 2.75) is 37.9 Å². The van der Waals surface area contributed by atoms with Gasteiger partial charge in [0.2, 0.25) is 0 Å². The third-order valence-electron chi connectivity index (χ3n) is 2.71. The van der Waals surface area contributed by atoms with Crippen molar-refractivity contribution in [1.29, 1.82) is 0 Å². The maximum absolute atomic E-state index is 12.3. The molecule has 1 aliphatic rings. The molecule has 0 spiro atoms. The van der Waals surface area contributed by atoms with Crippen molar-refractivity contribution in [3.63, 3.8) is 0 Å². The highest BCUT2D eigenvalue weighted by Crippen LogP contribution is 2.26. The van der Waals surface area contributed by atoms with Gasteiger partial charge in [-0.2, -0.15) is 13.2 Å². The van der Waals surface area contributed by atoms with E-state index < -0.39 is 36.3 Å². The molecule has 1 heterocycles. The highest BCUT2D eigenvalue weighted by Gasteiger charge is 2.47. The predicted octanol–water partition coefficient (Wildman–Crippen LogP) is 0.974. The number of Topliss-reactive ketones (excluding diaryl/α,β-unsaturated/α-hetero) is 1. The zero-order valence-corrected chi connectivity index (χ0v) is 9.37. The summed E-state index contributed by atoms with van der Waals surface area (Å²) in [5.41, 5.74) is 0. The zero-order chi connectivity index (χ0) is 13.9. The number of carbonyl (C=O) groups is 3. The van der Waals surface area contributed by atoms with Crippen LogP contribution < -0.4 is 0 Å². The summed E-state index contributed by atoms with van der Waals surface area (Å²) < 4.78 is 36.8. The molecular weight excluding hydrogens is 255 g/mol. The van der Waals surface area contributed by atoms with E-state index in [4.69, 9.17) is 5.11 Å². The second kappa shape index (κ2) is 5.36. The van der Waals surface area contributed by atoms with Crippen LogP contribution in [0.5, 0.6) is 0 Å². The minimum absolute atomic E-state index is 0.123. The van der Waals surface area contributed by atoms with E-state index in [1.165, 1.54) is 0 Å². The normalized spacial score (nSPS) is 19.9. The van der Waals surface area contributed by atoms with Gasteiger partial charge in [-0.05, 0) is 12.8 Å². The Hall–Kier alpha value is -1.60. The van der Waals surface area contributed by atoms with Crippen molar-refractivity contribution in [2.24, 2.45) is 0 Å². The number of amides is 1. The van der Waals surface area contributed by atoms with Crippen LogP contribution in [0.15, 0.2) is 0 Å². The van der Waals surface area contributed by atoms with Gasteiger partial charge in [0.15, 0.2) is 5.78 Å². The van der Waals surface area contributed by atoms with Gasteiger partial charge < -0.3 is 10.0 Å². The van der Waals surface area contributed by atoms with E-state index in [0.29, 0.717) is 11.3 Å². The maximum atomic E-state index is 12.3. The molecule has 1 N–H and O–H groups in total. The Balaban J connectivity index is 2.67. The van der Waals surface area contributed by atoms with Crippen molar-refractivity contribution in [3.8, 4) is 0 Å². The topological polar surface area (TPSA) is 74.7 Å². The van der Waals surface area contributed by atoms with Gasteiger partial charge in [0.25, 0.3) is 0 Å². The van der Waals surface area contributed by atoms with Gasteiger partial charge in [-0.1, -0.05) is 0 Å². The highest BCUT2D eigenvalue weighted by molar-refractivity contribution is 5.92. The van der Waals surface area contributed by atoms with Crippen LogP contribution in [-0.2, 0) is 14.4 Å². The third kappa shape index (κ3) is 3.44. The Morgan fingerprint density at radius 3 is 2.33 bits per heavy atom. The Kier molecular flexibility index (Phi) is 4.31. The molecule has 1 unspecified atom stereocenters. The fraction of sp³-hybridized carbons (Fsp3) is 0.700. The zero-order valence-electron chi connectivity index (χ0n) is 9.37. The van der Waals surface area contributed by atoms with Gasteiger partial charge in [-0.25, -0.2) is 0 Å². The number of hydrogen-bond acceptors (Lipinski definition) is 3. The lowest BCUT2D eigenvalue weighted by Crippen LogP contribution is -2.46. The molecule has 1 aliphatic heterocycles. The van der Waals surface area contributed by atoms with E-state index in [1.807, 2.05) is 0 Å². The molecule has 1 atom stereocenters. The Bertz CT molecular complexity index is 367. The van der Waals surface area contributed by atoms with E-state index in [1.54, 1.807) is 0 Å². The van der Waals surface area contributed by atoms with Crippen LogP contribution in [-0.4, -0.2) is 46.4 Å². The van der Waals surface area contributed by atoms with Gasteiger partial charge in [-0.15, -0.1) is 0 Å². The molecule has 5 nitrogen and oxygen atoms in total. The van der Waals surface area contributed by atoms with Crippen LogP contribution in [0.2, 0.25) is 0 Å². The number of nitrogens with zero attached hydrogens (tertiary/aromatic N) is 1. The summed E-state index contributed by atoms with van der Waals surface area (Å²) >= 11 is 0. The number of ketones is 1. The number of carboxylic acid groups (broad SMARTS) is 1. The van der Waals surface area contributed by atoms with Gasteiger partial charge in [0, 0.05) is 13.0 Å². The standard InChI is InChI=1S/C10H12F3NO4/c11-10(12,13)9(18)14-5-1-2-6(14)7(15)3-4-8(16)17/h6H,1-5H2,(H,16,17).